The van der Waals surface area contributed by atoms with E-state index >= 15 is 0 Å². The Morgan fingerprint density at radius 3 is 2.89 bits per heavy atom. The lowest BCUT2D eigenvalue weighted by Gasteiger charge is -2.27. The molecule has 8 nitrogen and oxygen atoms in total. The molecule has 0 saturated heterocycles. The van der Waals surface area contributed by atoms with Crippen molar-refractivity contribution in [2.75, 3.05) is 22.1 Å². The SMILES string of the molecule is CCOC(=O)CCc1[nH]c2ccccc2c1N1C=CCC1Nc1ncc(F)c(Nc2ccc(Cl)c(Cl)c2)n1. The summed E-state index contributed by atoms with van der Waals surface area (Å²) in [6, 6.07) is 12.9. The second kappa shape index (κ2) is 11.3. The molecule has 0 aliphatic carbocycles. The third kappa shape index (κ3) is 5.54. The molecule has 2 aromatic carbocycles. The van der Waals surface area contributed by atoms with Crippen LogP contribution in [0.2, 0.25) is 10.0 Å². The van der Waals surface area contributed by atoms with Crippen LogP contribution in [-0.2, 0) is 16.0 Å². The molecule has 3 N–H and O–H groups in total. The summed E-state index contributed by atoms with van der Waals surface area (Å²) in [4.78, 5) is 26.1. The number of carbonyl (C=O) groups excluding carboxylic acids is 1. The molecule has 38 heavy (non-hydrogen) atoms. The topological polar surface area (TPSA) is 95.2 Å². The maximum atomic E-state index is 14.5. The van der Waals surface area contributed by atoms with Crippen LogP contribution in [-0.4, -0.2) is 33.7 Å². The number of benzene rings is 2. The van der Waals surface area contributed by atoms with Gasteiger partial charge in [-0.1, -0.05) is 47.5 Å². The highest BCUT2D eigenvalue weighted by Crippen LogP contribution is 2.36. The number of aromatic nitrogens is 3. The van der Waals surface area contributed by atoms with Crippen molar-refractivity contribution in [2.45, 2.75) is 32.4 Å². The van der Waals surface area contributed by atoms with Gasteiger partial charge in [0.15, 0.2) is 11.6 Å². The molecule has 11 heteroatoms. The maximum Gasteiger partial charge on any atom is 0.306 e. The average Bonchev–Trinajstić information content (AvgIpc) is 3.50. The summed E-state index contributed by atoms with van der Waals surface area (Å²) in [5, 5.41) is 8.00. The number of aromatic amines is 1. The number of esters is 1. The number of nitrogens with one attached hydrogen (secondary N) is 3. The van der Waals surface area contributed by atoms with Crippen molar-refractivity contribution in [1.82, 2.24) is 15.0 Å². The standard InChI is InChI=1S/C27H25Cl2FN6O2/c1-2-38-24(37)12-11-22-25(17-6-3-4-7-21(17)33-22)36-13-5-8-23(36)34-27-31-15-20(30)26(35-27)32-16-9-10-18(28)19(29)14-16/h3-7,9-10,13-15,23,33H,2,8,11-12H2,1H3,(H2,31,32,34,35). The average molecular weight is 555 g/mol. The molecular formula is C27H25Cl2FN6O2. The number of carbonyl (C=O) groups is 1. The first-order chi connectivity index (χ1) is 18.4. The summed E-state index contributed by atoms with van der Waals surface area (Å²) < 4.78 is 19.7. The van der Waals surface area contributed by atoms with Crippen LogP contribution in [0.15, 0.2) is 60.9 Å². The first-order valence-electron chi connectivity index (χ1n) is 12.1. The molecule has 2 aromatic heterocycles. The number of nitrogens with zero attached hydrogens (tertiary/aromatic N) is 3. The van der Waals surface area contributed by atoms with E-state index in [1.54, 1.807) is 25.1 Å². The molecule has 0 spiro atoms. The molecule has 0 amide bonds. The van der Waals surface area contributed by atoms with Gasteiger partial charge in [0, 0.05) is 41.3 Å². The Morgan fingerprint density at radius 1 is 1.24 bits per heavy atom. The first-order valence-corrected chi connectivity index (χ1v) is 12.9. The van der Waals surface area contributed by atoms with Crippen molar-refractivity contribution >= 4 is 63.2 Å². The van der Waals surface area contributed by atoms with E-state index in [4.69, 9.17) is 27.9 Å². The molecule has 1 aliphatic heterocycles. The van der Waals surface area contributed by atoms with Gasteiger partial charge in [-0.2, -0.15) is 4.98 Å². The quantitative estimate of drug-likeness (QED) is 0.196. The molecular weight excluding hydrogens is 530 g/mol. The fourth-order valence-electron chi connectivity index (χ4n) is 4.38. The van der Waals surface area contributed by atoms with Crippen molar-refractivity contribution in [3.63, 3.8) is 0 Å². The molecule has 0 fully saturated rings. The smallest absolute Gasteiger partial charge is 0.306 e. The van der Waals surface area contributed by atoms with Gasteiger partial charge in [-0.3, -0.25) is 4.79 Å². The summed E-state index contributed by atoms with van der Waals surface area (Å²) in [6.45, 7) is 2.14. The van der Waals surface area contributed by atoms with E-state index in [0.717, 1.165) is 28.5 Å². The van der Waals surface area contributed by atoms with Crippen LogP contribution in [0.1, 0.15) is 25.5 Å². The minimum atomic E-state index is -0.610. The monoisotopic (exact) mass is 554 g/mol. The molecule has 5 rings (SSSR count). The number of anilines is 4. The van der Waals surface area contributed by atoms with E-state index in [-0.39, 0.29) is 30.3 Å². The Morgan fingerprint density at radius 2 is 2.08 bits per heavy atom. The lowest BCUT2D eigenvalue weighted by molar-refractivity contribution is -0.143. The third-order valence-electron chi connectivity index (χ3n) is 6.08. The maximum absolute atomic E-state index is 14.5. The van der Waals surface area contributed by atoms with Gasteiger partial charge in [-0.15, -0.1) is 0 Å². The number of rotatable bonds is 9. The van der Waals surface area contributed by atoms with Crippen molar-refractivity contribution in [3.05, 3.63) is 82.5 Å². The van der Waals surface area contributed by atoms with Crippen LogP contribution in [0.5, 0.6) is 0 Å². The number of hydrogen-bond acceptors (Lipinski definition) is 7. The third-order valence-corrected chi connectivity index (χ3v) is 6.82. The predicted octanol–water partition coefficient (Wildman–Crippen LogP) is 6.81. The van der Waals surface area contributed by atoms with Crippen LogP contribution < -0.4 is 15.5 Å². The van der Waals surface area contributed by atoms with E-state index in [2.05, 4.69) is 30.5 Å². The van der Waals surface area contributed by atoms with Gasteiger partial charge in [0.2, 0.25) is 5.95 Å². The van der Waals surface area contributed by atoms with Gasteiger partial charge in [0.05, 0.1) is 35.0 Å². The van der Waals surface area contributed by atoms with Crippen LogP contribution >= 0.6 is 23.2 Å². The highest BCUT2D eigenvalue weighted by molar-refractivity contribution is 6.42. The highest BCUT2D eigenvalue weighted by Gasteiger charge is 2.27. The molecule has 1 aliphatic rings. The zero-order chi connectivity index (χ0) is 26.6. The lowest BCUT2D eigenvalue weighted by atomic mass is 10.1. The Hall–Kier alpha value is -3.82. The van der Waals surface area contributed by atoms with E-state index < -0.39 is 5.82 Å². The second-order valence-corrected chi connectivity index (χ2v) is 9.45. The largest absolute Gasteiger partial charge is 0.466 e. The number of H-pyrrole nitrogens is 1. The fourth-order valence-corrected chi connectivity index (χ4v) is 4.68. The Labute approximate surface area is 228 Å². The molecule has 196 valence electrons. The van der Waals surface area contributed by atoms with Crippen molar-refractivity contribution in [2.24, 2.45) is 0 Å². The number of hydrogen-bond donors (Lipinski definition) is 3. The van der Waals surface area contributed by atoms with Crippen LogP contribution in [0.25, 0.3) is 10.9 Å². The summed E-state index contributed by atoms with van der Waals surface area (Å²) in [7, 11) is 0. The van der Waals surface area contributed by atoms with E-state index in [0.29, 0.717) is 35.2 Å². The predicted molar refractivity (Wildman–Crippen MR) is 149 cm³/mol. The molecule has 0 radical (unpaired) electrons. The summed E-state index contributed by atoms with van der Waals surface area (Å²) >= 11 is 12.1. The van der Waals surface area contributed by atoms with Crippen molar-refractivity contribution < 1.29 is 13.9 Å². The molecule has 1 unspecified atom stereocenters. The zero-order valence-corrected chi connectivity index (χ0v) is 22.0. The van der Waals surface area contributed by atoms with Gasteiger partial charge in [0.25, 0.3) is 0 Å². The normalized spacial score (nSPS) is 14.7. The Kier molecular flexibility index (Phi) is 7.67. The van der Waals surface area contributed by atoms with E-state index in [9.17, 15) is 9.18 Å². The molecule has 1 atom stereocenters. The van der Waals surface area contributed by atoms with Crippen molar-refractivity contribution in [3.8, 4) is 0 Å². The van der Waals surface area contributed by atoms with E-state index in [1.165, 1.54) is 0 Å². The Bertz CT molecular complexity index is 1510. The van der Waals surface area contributed by atoms with Gasteiger partial charge in [0.1, 0.15) is 6.17 Å². The van der Waals surface area contributed by atoms with Gasteiger partial charge in [-0.05, 0) is 31.2 Å². The van der Waals surface area contributed by atoms with Crippen LogP contribution in [0.4, 0.5) is 27.5 Å². The zero-order valence-electron chi connectivity index (χ0n) is 20.5. The van der Waals surface area contributed by atoms with Gasteiger partial charge < -0.3 is 25.3 Å². The number of ether oxygens (including phenoxy) is 1. The Balaban J connectivity index is 1.40. The van der Waals surface area contributed by atoms with Gasteiger partial charge in [-0.25, -0.2) is 9.37 Å². The van der Waals surface area contributed by atoms with Crippen LogP contribution in [0.3, 0.4) is 0 Å². The fraction of sp³-hybridized carbons (Fsp3) is 0.222. The molecule has 3 heterocycles. The number of fused-ring (bicyclic) bond motifs is 1. The van der Waals surface area contributed by atoms with Gasteiger partial charge >= 0.3 is 5.97 Å². The lowest BCUT2D eigenvalue weighted by Crippen LogP contribution is -2.35. The summed E-state index contributed by atoms with van der Waals surface area (Å²) in [6.07, 6.45) is 6.30. The number of aryl methyl sites for hydroxylation is 1. The first kappa shape index (κ1) is 25.8. The number of para-hydroxylation sites is 1. The van der Waals surface area contributed by atoms with E-state index in [1.807, 2.05) is 36.5 Å². The molecule has 0 bridgehead atoms. The number of halogens is 3. The van der Waals surface area contributed by atoms with Crippen LogP contribution in [0, 0.1) is 5.82 Å². The molecule has 4 aromatic rings. The minimum Gasteiger partial charge on any atom is -0.466 e. The highest BCUT2D eigenvalue weighted by atomic mass is 35.5. The molecule has 0 saturated carbocycles. The summed E-state index contributed by atoms with van der Waals surface area (Å²) in [5.41, 5.74) is 3.37. The second-order valence-electron chi connectivity index (χ2n) is 8.63. The minimum absolute atomic E-state index is 0.000569. The summed E-state index contributed by atoms with van der Waals surface area (Å²) in [5.74, 6) is -0.604. The van der Waals surface area contributed by atoms with Crippen molar-refractivity contribution in [1.29, 1.82) is 0 Å².